The van der Waals surface area contributed by atoms with Gasteiger partial charge in [-0.05, 0) is 11.1 Å². The maximum absolute atomic E-state index is 11.1. The highest BCUT2D eigenvalue weighted by Crippen LogP contribution is 2.12. The number of carbonyl (C=O) groups is 1. The van der Waals surface area contributed by atoms with Crippen molar-refractivity contribution in [1.29, 1.82) is 0 Å². The second kappa shape index (κ2) is 6.65. The molecule has 4 N–H and O–H groups in total. The van der Waals surface area contributed by atoms with Crippen LogP contribution in [0.4, 0.5) is 0 Å². The van der Waals surface area contributed by atoms with Gasteiger partial charge in [0.2, 0.25) is 5.91 Å². The van der Waals surface area contributed by atoms with Gasteiger partial charge in [0.05, 0.1) is 18.8 Å². The molecule has 6 nitrogen and oxygen atoms in total. The van der Waals surface area contributed by atoms with Crippen LogP contribution >= 0.6 is 0 Å². The molecular formula is C12H18N2O4S. The minimum atomic E-state index is -3.63. The predicted molar refractivity (Wildman–Crippen MR) is 71.6 cm³/mol. The molecule has 0 aliphatic carbocycles. The summed E-state index contributed by atoms with van der Waals surface area (Å²) in [5.41, 5.74) is 12.4. The van der Waals surface area contributed by atoms with Crippen molar-refractivity contribution < 1.29 is 17.4 Å². The lowest BCUT2D eigenvalue weighted by atomic mass is 10.0. The first-order valence-corrected chi connectivity index (χ1v) is 7.56. The van der Waals surface area contributed by atoms with Crippen molar-refractivity contribution in [2.45, 2.75) is 25.5 Å². The first-order chi connectivity index (χ1) is 8.80. The number of hydrogen-bond donors (Lipinski definition) is 2. The number of amides is 1. The lowest BCUT2D eigenvalue weighted by Gasteiger charge is -2.15. The molecule has 106 valence electrons. The number of carbonyl (C=O) groups excluding carboxylic acids is 1. The molecule has 1 amide bonds. The van der Waals surface area contributed by atoms with E-state index in [4.69, 9.17) is 15.7 Å². The van der Waals surface area contributed by atoms with Gasteiger partial charge < -0.3 is 11.5 Å². The molecule has 19 heavy (non-hydrogen) atoms. The fourth-order valence-corrected chi connectivity index (χ4v) is 2.32. The quantitative estimate of drug-likeness (QED) is 0.680. The van der Waals surface area contributed by atoms with Crippen molar-refractivity contribution in [2.75, 3.05) is 6.26 Å². The molecule has 0 fully saturated rings. The zero-order chi connectivity index (χ0) is 14.5. The highest BCUT2D eigenvalue weighted by Gasteiger charge is 2.18. The molecule has 0 radical (unpaired) electrons. The van der Waals surface area contributed by atoms with Crippen LogP contribution in [0.2, 0.25) is 0 Å². The van der Waals surface area contributed by atoms with E-state index in [9.17, 15) is 13.2 Å². The smallest absolute Gasteiger partial charge is 0.264 e. The molecule has 0 spiro atoms. The number of nitrogens with two attached hydrogens (primary N) is 2. The van der Waals surface area contributed by atoms with Crippen LogP contribution in [0.5, 0.6) is 0 Å². The fraction of sp³-hybridized carbons (Fsp3) is 0.417. The van der Waals surface area contributed by atoms with Gasteiger partial charge in [0.25, 0.3) is 10.1 Å². The Morgan fingerprint density at radius 2 is 1.79 bits per heavy atom. The van der Waals surface area contributed by atoms with Gasteiger partial charge in [0.15, 0.2) is 0 Å². The van der Waals surface area contributed by atoms with Crippen LogP contribution in [-0.2, 0) is 32.1 Å². The van der Waals surface area contributed by atoms with E-state index in [1.807, 2.05) is 24.3 Å². The summed E-state index contributed by atoms with van der Waals surface area (Å²) in [6.45, 7) is 0.435. The molecule has 0 aliphatic heterocycles. The van der Waals surface area contributed by atoms with E-state index in [0.29, 0.717) is 13.0 Å². The van der Waals surface area contributed by atoms with E-state index in [2.05, 4.69) is 0 Å². The maximum atomic E-state index is 11.1. The summed E-state index contributed by atoms with van der Waals surface area (Å²) in [6, 6.07) is 7.33. The molecule has 0 aliphatic rings. The molecule has 0 bridgehead atoms. The maximum Gasteiger partial charge on any atom is 0.264 e. The van der Waals surface area contributed by atoms with Crippen molar-refractivity contribution in [2.24, 2.45) is 11.5 Å². The third kappa shape index (κ3) is 6.32. The average molecular weight is 286 g/mol. The lowest BCUT2D eigenvalue weighted by Crippen LogP contribution is -2.26. The van der Waals surface area contributed by atoms with Crippen LogP contribution in [0.3, 0.4) is 0 Å². The highest BCUT2D eigenvalue weighted by atomic mass is 32.2. The SMILES string of the molecule is CS(=O)(=O)O[C@@H](CC(N)=O)Cc1ccc(CN)cc1. The molecular weight excluding hydrogens is 268 g/mol. The summed E-state index contributed by atoms with van der Waals surface area (Å²) in [6.07, 6.45) is 0.307. The van der Waals surface area contributed by atoms with Gasteiger partial charge in [-0.15, -0.1) is 0 Å². The molecule has 1 aromatic carbocycles. The Morgan fingerprint density at radius 3 is 2.21 bits per heavy atom. The minimum Gasteiger partial charge on any atom is -0.370 e. The first kappa shape index (κ1) is 15.6. The topological polar surface area (TPSA) is 112 Å². The van der Waals surface area contributed by atoms with Gasteiger partial charge in [-0.1, -0.05) is 24.3 Å². The zero-order valence-corrected chi connectivity index (χ0v) is 11.5. The summed E-state index contributed by atoms with van der Waals surface area (Å²) < 4.78 is 27.1. The Morgan fingerprint density at radius 1 is 1.26 bits per heavy atom. The lowest BCUT2D eigenvalue weighted by molar-refractivity contribution is -0.119. The van der Waals surface area contributed by atoms with Crippen molar-refractivity contribution in [3.05, 3.63) is 35.4 Å². The zero-order valence-electron chi connectivity index (χ0n) is 10.7. The Bertz CT molecular complexity index is 525. The molecule has 0 saturated carbocycles. The summed E-state index contributed by atoms with van der Waals surface area (Å²) in [4.78, 5) is 10.9. The minimum absolute atomic E-state index is 0.147. The van der Waals surface area contributed by atoms with Gasteiger partial charge in [-0.25, -0.2) is 0 Å². The van der Waals surface area contributed by atoms with Crippen LogP contribution < -0.4 is 11.5 Å². The summed E-state index contributed by atoms with van der Waals surface area (Å²) in [5.74, 6) is -0.604. The van der Waals surface area contributed by atoms with Gasteiger partial charge in [0.1, 0.15) is 0 Å². The molecule has 1 atom stereocenters. The van der Waals surface area contributed by atoms with Crippen molar-refractivity contribution >= 4 is 16.0 Å². The van der Waals surface area contributed by atoms with Gasteiger partial charge in [0, 0.05) is 13.0 Å². The van der Waals surface area contributed by atoms with Crippen LogP contribution in [-0.4, -0.2) is 26.7 Å². The standard InChI is InChI=1S/C12H18N2O4S/c1-19(16,17)18-11(7-12(14)15)6-9-2-4-10(8-13)5-3-9/h2-5,11H,6-8,13H2,1H3,(H2,14,15)/t11-/m1/s1. The molecule has 0 heterocycles. The second-order valence-electron chi connectivity index (χ2n) is 4.32. The molecule has 0 aromatic heterocycles. The van der Waals surface area contributed by atoms with Crippen molar-refractivity contribution in [3.8, 4) is 0 Å². The fourth-order valence-electron chi connectivity index (χ4n) is 1.69. The van der Waals surface area contributed by atoms with E-state index >= 15 is 0 Å². The van der Waals surface area contributed by atoms with Crippen molar-refractivity contribution in [1.82, 2.24) is 0 Å². The molecule has 0 unspecified atom stereocenters. The highest BCUT2D eigenvalue weighted by molar-refractivity contribution is 7.86. The van der Waals surface area contributed by atoms with E-state index < -0.39 is 22.1 Å². The Hall–Kier alpha value is -1.44. The van der Waals surface area contributed by atoms with Gasteiger partial charge in [-0.3, -0.25) is 8.98 Å². The van der Waals surface area contributed by atoms with Gasteiger partial charge >= 0.3 is 0 Å². The predicted octanol–water partition coefficient (Wildman–Crippen LogP) is -0.0920. The Kier molecular flexibility index (Phi) is 5.46. The van der Waals surface area contributed by atoms with Gasteiger partial charge in [-0.2, -0.15) is 8.42 Å². The van der Waals surface area contributed by atoms with E-state index in [0.717, 1.165) is 17.4 Å². The number of benzene rings is 1. The van der Waals surface area contributed by atoms with E-state index in [1.54, 1.807) is 0 Å². The summed E-state index contributed by atoms with van der Waals surface area (Å²) in [7, 11) is -3.63. The van der Waals surface area contributed by atoms with Crippen LogP contribution in [0.15, 0.2) is 24.3 Å². The monoisotopic (exact) mass is 286 g/mol. The Balaban J connectivity index is 2.77. The molecule has 0 saturated heterocycles. The average Bonchev–Trinajstić information content (AvgIpc) is 2.26. The first-order valence-electron chi connectivity index (χ1n) is 5.74. The Labute approximate surface area is 112 Å². The molecule has 1 rings (SSSR count). The number of primary amides is 1. The number of hydrogen-bond acceptors (Lipinski definition) is 5. The summed E-state index contributed by atoms with van der Waals surface area (Å²) >= 11 is 0. The normalized spacial score (nSPS) is 13.2. The van der Waals surface area contributed by atoms with Crippen molar-refractivity contribution in [3.63, 3.8) is 0 Å². The third-order valence-corrected chi connectivity index (χ3v) is 3.08. The van der Waals surface area contributed by atoms with E-state index in [1.165, 1.54) is 0 Å². The number of rotatable bonds is 7. The third-order valence-electron chi connectivity index (χ3n) is 2.46. The van der Waals surface area contributed by atoms with Crippen LogP contribution in [0.25, 0.3) is 0 Å². The molecule has 7 heteroatoms. The second-order valence-corrected chi connectivity index (χ2v) is 5.92. The van der Waals surface area contributed by atoms with Crippen LogP contribution in [0, 0.1) is 0 Å². The summed E-state index contributed by atoms with van der Waals surface area (Å²) in [5, 5.41) is 0. The van der Waals surface area contributed by atoms with E-state index in [-0.39, 0.29) is 6.42 Å². The molecule has 1 aromatic rings. The van der Waals surface area contributed by atoms with Crippen LogP contribution in [0.1, 0.15) is 17.5 Å². The largest absolute Gasteiger partial charge is 0.370 e.